The molecule has 0 spiro atoms. The highest BCUT2D eigenvalue weighted by Crippen LogP contribution is 2.09. The molecule has 6 heteroatoms. The Labute approximate surface area is 110 Å². The number of unbranched alkanes of at least 4 members (excludes halogenated alkanes) is 1. The first-order chi connectivity index (χ1) is 8.93. The van der Waals surface area contributed by atoms with Crippen molar-refractivity contribution in [1.82, 2.24) is 5.32 Å². The van der Waals surface area contributed by atoms with Gasteiger partial charge >= 0.3 is 0 Å². The summed E-state index contributed by atoms with van der Waals surface area (Å²) in [7, 11) is 0. The molecule has 19 heavy (non-hydrogen) atoms. The molecule has 0 bridgehead atoms. The van der Waals surface area contributed by atoms with Crippen molar-refractivity contribution < 1.29 is 18.4 Å². The Bertz CT molecular complexity index is 457. The first kappa shape index (κ1) is 15.1. The minimum Gasteiger partial charge on any atom is -0.368 e. The van der Waals surface area contributed by atoms with Crippen molar-refractivity contribution in [2.45, 2.75) is 32.2 Å². The number of nitrogens with two attached hydrogens (primary N) is 1. The summed E-state index contributed by atoms with van der Waals surface area (Å²) in [5.41, 5.74) is 4.98. The maximum Gasteiger partial charge on any atom is 0.252 e. The van der Waals surface area contributed by atoms with E-state index < -0.39 is 29.5 Å². The monoisotopic (exact) mass is 270 g/mol. The summed E-state index contributed by atoms with van der Waals surface area (Å²) in [5.74, 6) is -3.10. The Kier molecular flexibility index (Phi) is 5.41. The highest BCUT2D eigenvalue weighted by Gasteiger charge is 2.19. The average molecular weight is 270 g/mol. The smallest absolute Gasteiger partial charge is 0.252 e. The molecule has 0 aliphatic carbocycles. The molecule has 0 unspecified atom stereocenters. The fraction of sp³-hybridized carbons (Fsp3) is 0.385. The van der Waals surface area contributed by atoms with Gasteiger partial charge in [0, 0.05) is 11.6 Å². The summed E-state index contributed by atoms with van der Waals surface area (Å²) in [6.07, 6.45) is 1.95. The fourth-order valence-electron chi connectivity index (χ4n) is 1.62. The van der Waals surface area contributed by atoms with Crippen molar-refractivity contribution in [1.29, 1.82) is 0 Å². The second-order valence-electron chi connectivity index (χ2n) is 4.23. The van der Waals surface area contributed by atoms with Crippen LogP contribution in [0.1, 0.15) is 36.5 Å². The summed E-state index contributed by atoms with van der Waals surface area (Å²) < 4.78 is 26.0. The third kappa shape index (κ3) is 4.65. The molecular formula is C13H16F2N2O2. The zero-order valence-corrected chi connectivity index (χ0v) is 10.6. The van der Waals surface area contributed by atoms with Gasteiger partial charge in [0.2, 0.25) is 5.91 Å². The quantitative estimate of drug-likeness (QED) is 0.826. The van der Waals surface area contributed by atoms with Crippen molar-refractivity contribution in [3.05, 3.63) is 35.4 Å². The zero-order chi connectivity index (χ0) is 14.4. The molecule has 0 saturated carbocycles. The van der Waals surface area contributed by atoms with E-state index in [1.807, 2.05) is 6.92 Å². The van der Waals surface area contributed by atoms with Gasteiger partial charge in [0.15, 0.2) is 0 Å². The number of carbonyl (C=O) groups excluding carboxylic acids is 2. The van der Waals surface area contributed by atoms with Crippen molar-refractivity contribution >= 4 is 11.8 Å². The first-order valence-corrected chi connectivity index (χ1v) is 6.00. The molecule has 3 N–H and O–H groups in total. The SMILES string of the molecule is CCCC[C@@H](NC(=O)c1cc(F)cc(F)c1)C(N)=O. The van der Waals surface area contributed by atoms with Gasteiger partial charge in [-0.15, -0.1) is 0 Å². The Morgan fingerprint density at radius 1 is 1.26 bits per heavy atom. The van der Waals surface area contributed by atoms with Gasteiger partial charge in [0.1, 0.15) is 17.7 Å². The van der Waals surface area contributed by atoms with Gasteiger partial charge in [0.05, 0.1) is 0 Å². The van der Waals surface area contributed by atoms with Gasteiger partial charge in [-0.05, 0) is 18.6 Å². The molecule has 0 fully saturated rings. The molecule has 0 radical (unpaired) electrons. The lowest BCUT2D eigenvalue weighted by atomic mass is 10.1. The van der Waals surface area contributed by atoms with Crippen LogP contribution in [0.3, 0.4) is 0 Å². The molecule has 0 aliphatic rings. The predicted molar refractivity (Wildman–Crippen MR) is 66.3 cm³/mol. The summed E-state index contributed by atoms with van der Waals surface area (Å²) in [6.45, 7) is 1.93. The van der Waals surface area contributed by atoms with Crippen LogP contribution in [0.25, 0.3) is 0 Å². The van der Waals surface area contributed by atoms with Gasteiger partial charge in [-0.1, -0.05) is 19.8 Å². The van der Waals surface area contributed by atoms with E-state index in [1.165, 1.54) is 0 Å². The highest BCUT2D eigenvalue weighted by atomic mass is 19.1. The summed E-state index contributed by atoms with van der Waals surface area (Å²) >= 11 is 0. The number of halogens is 2. The Hall–Kier alpha value is -1.98. The lowest BCUT2D eigenvalue weighted by Gasteiger charge is -2.15. The van der Waals surface area contributed by atoms with Crippen molar-refractivity contribution in [3.63, 3.8) is 0 Å². The van der Waals surface area contributed by atoms with Gasteiger partial charge < -0.3 is 11.1 Å². The molecular weight excluding hydrogens is 254 g/mol. The number of carbonyl (C=O) groups is 2. The molecule has 2 amide bonds. The third-order valence-electron chi connectivity index (χ3n) is 2.62. The minimum atomic E-state index is -0.852. The van der Waals surface area contributed by atoms with Gasteiger partial charge in [-0.2, -0.15) is 0 Å². The normalized spacial score (nSPS) is 11.9. The Morgan fingerprint density at radius 2 is 1.84 bits per heavy atom. The molecule has 1 rings (SSSR count). The molecule has 0 aromatic heterocycles. The van der Waals surface area contributed by atoms with E-state index >= 15 is 0 Å². The summed E-state index contributed by atoms with van der Waals surface area (Å²) in [6, 6.07) is 1.63. The predicted octanol–water partition coefficient (Wildman–Crippen LogP) is 1.74. The topological polar surface area (TPSA) is 72.2 Å². The second-order valence-corrected chi connectivity index (χ2v) is 4.23. The van der Waals surface area contributed by atoms with Gasteiger partial charge in [0.25, 0.3) is 5.91 Å². The zero-order valence-electron chi connectivity index (χ0n) is 10.6. The van der Waals surface area contributed by atoms with E-state index in [-0.39, 0.29) is 5.56 Å². The van der Waals surface area contributed by atoms with Crippen LogP contribution in [0.15, 0.2) is 18.2 Å². The number of rotatable bonds is 6. The third-order valence-corrected chi connectivity index (χ3v) is 2.62. The number of amides is 2. The molecule has 0 heterocycles. The molecule has 1 aromatic carbocycles. The Balaban J connectivity index is 2.78. The molecule has 1 aromatic rings. The van der Waals surface area contributed by atoms with Gasteiger partial charge in [-0.3, -0.25) is 9.59 Å². The van der Waals surface area contributed by atoms with Crippen LogP contribution in [0.2, 0.25) is 0 Å². The molecule has 4 nitrogen and oxygen atoms in total. The summed E-state index contributed by atoms with van der Waals surface area (Å²) in [4.78, 5) is 22.9. The number of benzene rings is 1. The number of primary amides is 1. The lowest BCUT2D eigenvalue weighted by Crippen LogP contribution is -2.44. The van der Waals surface area contributed by atoms with Crippen LogP contribution in [-0.2, 0) is 4.79 Å². The van der Waals surface area contributed by atoms with E-state index in [0.717, 1.165) is 18.6 Å². The van der Waals surface area contributed by atoms with Crippen LogP contribution in [0.5, 0.6) is 0 Å². The lowest BCUT2D eigenvalue weighted by molar-refractivity contribution is -0.120. The Morgan fingerprint density at radius 3 is 2.32 bits per heavy atom. The molecule has 0 saturated heterocycles. The number of nitrogens with one attached hydrogen (secondary N) is 1. The number of hydrogen-bond acceptors (Lipinski definition) is 2. The van der Waals surface area contributed by atoms with Crippen molar-refractivity contribution in [2.75, 3.05) is 0 Å². The largest absolute Gasteiger partial charge is 0.368 e. The maximum absolute atomic E-state index is 13.0. The van der Waals surface area contributed by atoms with Crippen molar-refractivity contribution in [2.24, 2.45) is 5.73 Å². The van der Waals surface area contributed by atoms with Gasteiger partial charge in [-0.25, -0.2) is 8.78 Å². The van der Waals surface area contributed by atoms with E-state index in [9.17, 15) is 18.4 Å². The van der Waals surface area contributed by atoms with Crippen LogP contribution >= 0.6 is 0 Å². The number of hydrogen-bond donors (Lipinski definition) is 2. The highest BCUT2D eigenvalue weighted by molar-refractivity contribution is 5.97. The maximum atomic E-state index is 13.0. The minimum absolute atomic E-state index is 0.180. The average Bonchev–Trinajstić information content (AvgIpc) is 2.32. The second kappa shape index (κ2) is 6.82. The standard InChI is InChI=1S/C13H16F2N2O2/c1-2-3-4-11(12(16)18)17-13(19)8-5-9(14)7-10(15)6-8/h5-7,11H,2-4H2,1H3,(H2,16,18)(H,17,19)/t11-/m1/s1. The first-order valence-electron chi connectivity index (χ1n) is 6.00. The van der Waals surface area contributed by atoms with E-state index in [0.29, 0.717) is 18.9 Å². The van der Waals surface area contributed by atoms with Crippen LogP contribution < -0.4 is 11.1 Å². The van der Waals surface area contributed by atoms with E-state index in [2.05, 4.69) is 5.32 Å². The van der Waals surface area contributed by atoms with E-state index in [4.69, 9.17) is 5.73 Å². The molecule has 1 atom stereocenters. The van der Waals surface area contributed by atoms with E-state index in [1.54, 1.807) is 0 Å². The van der Waals surface area contributed by atoms with Crippen LogP contribution in [0, 0.1) is 11.6 Å². The van der Waals surface area contributed by atoms with Crippen LogP contribution in [0.4, 0.5) is 8.78 Å². The summed E-state index contributed by atoms with van der Waals surface area (Å²) in [5, 5.41) is 2.38. The molecule has 104 valence electrons. The molecule has 0 aliphatic heterocycles. The van der Waals surface area contributed by atoms with Crippen molar-refractivity contribution in [3.8, 4) is 0 Å². The van der Waals surface area contributed by atoms with Crippen LogP contribution in [-0.4, -0.2) is 17.9 Å². The fourth-order valence-corrected chi connectivity index (χ4v) is 1.62.